The van der Waals surface area contributed by atoms with Crippen molar-refractivity contribution < 1.29 is 9.53 Å². The molecule has 4 nitrogen and oxygen atoms in total. The molecular formula is C25H19ClN2O2. The van der Waals surface area contributed by atoms with Gasteiger partial charge in [0, 0.05) is 22.2 Å². The number of carbonyl (C=O) groups excluding carboxylic acids is 1. The summed E-state index contributed by atoms with van der Waals surface area (Å²) in [6.45, 7) is 0. The Labute approximate surface area is 180 Å². The van der Waals surface area contributed by atoms with Crippen molar-refractivity contribution in [3.8, 4) is 28.1 Å². The maximum Gasteiger partial charge on any atom is 0.255 e. The third-order valence-electron chi connectivity index (χ3n) is 4.73. The summed E-state index contributed by atoms with van der Waals surface area (Å²) < 4.78 is 5.03. The fraction of sp³-hybridized carbons (Fsp3) is 0.0400. The van der Waals surface area contributed by atoms with Gasteiger partial charge in [-0.05, 0) is 41.0 Å². The maximum atomic E-state index is 12.7. The second-order valence-corrected chi connectivity index (χ2v) is 7.09. The second-order valence-electron chi connectivity index (χ2n) is 6.68. The van der Waals surface area contributed by atoms with Crippen molar-refractivity contribution in [1.29, 1.82) is 0 Å². The van der Waals surface area contributed by atoms with Crippen molar-refractivity contribution in [2.45, 2.75) is 0 Å². The minimum absolute atomic E-state index is 0.235. The Kier molecular flexibility index (Phi) is 5.77. The molecule has 0 aliphatic heterocycles. The first-order valence-corrected chi connectivity index (χ1v) is 9.78. The number of rotatable bonds is 5. The maximum absolute atomic E-state index is 12.7. The number of amides is 1. The van der Waals surface area contributed by atoms with Gasteiger partial charge in [0.05, 0.1) is 19.0 Å². The van der Waals surface area contributed by atoms with Crippen LogP contribution in [0.5, 0.6) is 5.88 Å². The van der Waals surface area contributed by atoms with Crippen LogP contribution < -0.4 is 10.1 Å². The highest BCUT2D eigenvalue weighted by Gasteiger charge is 2.11. The summed E-state index contributed by atoms with van der Waals surface area (Å²) in [5.74, 6) is 0.251. The monoisotopic (exact) mass is 414 g/mol. The normalized spacial score (nSPS) is 10.5. The second kappa shape index (κ2) is 8.80. The van der Waals surface area contributed by atoms with Gasteiger partial charge in [0.2, 0.25) is 5.88 Å². The Bertz CT molecular complexity index is 1160. The van der Waals surface area contributed by atoms with E-state index in [1.54, 1.807) is 43.6 Å². The molecule has 0 aliphatic rings. The SMILES string of the molecule is COc1ccc(NC(=O)c2ccc(Cl)c(-c3ccc(-c4ccccc4)cc3)c2)cn1. The highest BCUT2D eigenvalue weighted by Crippen LogP contribution is 2.31. The fourth-order valence-corrected chi connectivity index (χ4v) is 3.37. The van der Waals surface area contributed by atoms with Gasteiger partial charge in [0.1, 0.15) is 0 Å². The van der Waals surface area contributed by atoms with Gasteiger partial charge in [0.15, 0.2) is 0 Å². The van der Waals surface area contributed by atoms with E-state index < -0.39 is 0 Å². The number of nitrogens with zero attached hydrogens (tertiary/aromatic N) is 1. The van der Waals surface area contributed by atoms with Gasteiger partial charge >= 0.3 is 0 Å². The number of pyridine rings is 1. The zero-order valence-electron chi connectivity index (χ0n) is 16.3. The summed E-state index contributed by atoms with van der Waals surface area (Å²) in [5, 5.41) is 3.43. The number of aromatic nitrogens is 1. The van der Waals surface area contributed by atoms with Gasteiger partial charge in [-0.2, -0.15) is 0 Å². The predicted octanol–water partition coefficient (Wildman–Crippen LogP) is 6.33. The first kappa shape index (κ1) is 19.7. The molecule has 0 atom stereocenters. The molecule has 0 aliphatic carbocycles. The lowest BCUT2D eigenvalue weighted by Crippen LogP contribution is -2.12. The van der Waals surface area contributed by atoms with Crippen LogP contribution in [-0.2, 0) is 0 Å². The van der Waals surface area contributed by atoms with Gasteiger partial charge in [-0.25, -0.2) is 4.98 Å². The number of halogens is 1. The largest absolute Gasteiger partial charge is 0.481 e. The van der Waals surface area contributed by atoms with Crippen LogP contribution in [0.1, 0.15) is 10.4 Å². The van der Waals surface area contributed by atoms with E-state index >= 15 is 0 Å². The zero-order chi connectivity index (χ0) is 20.9. The number of methoxy groups -OCH3 is 1. The Hall–Kier alpha value is -3.63. The van der Waals surface area contributed by atoms with Crippen molar-refractivity contribution in [2.75, 3.05) is 12.4 Å². The summed E-state index contributed by atoms with van der Waals surface area (Å²) in [6.07, 6.45) is 1.55. The standard InChI is InChI=1S/C25H19ClN2O2/c1-30-24-14-12-21(16-27-24)28-25(29)20-11-13-23(26)22(15-20)19-9-7-18(8-10-19)17-5-3-2-4-6-17/h2-16H,1H3,(H,28,29). The van der Waals surface area contributed by atoms with E-state index in [9.17, 15) is 4.79 Å². The van der Waals surface area contributed by atoms with Crippen LogP contribution in [0, 0.1) is 0 Å². The van der Waals surface area contributed by atoms with E-state index in [0.717, 1.165) is 22.3 Å². The molecule has 5 heteroatoms. The van der Waals surface area contributed by atoms with E-state index in [0.29, 0.717) is 22.2 Å². The molecule has 4 aromatic rings. The summed E-state index contributed by atoms with van der Waals surface area (Å²) >= 11 is 6.43. The molecule has 0 bridgehead atoms. The third kappa shape index (κ3) is 4.34. The smallest absolute Gasteiger partial charge is 0.255 e. The molecule has 4 rings (SSSR count). The van der Waals surface area contributed by atoms with Crippen LogP contribution in [-0.4, -0.2) is 18.0 Å². The lowest BCUT2D eigenvalue weighted by Gasteiger charge is -2.10. The number of carbonyl (C=O) groups is 1. The summed E-state index contributed by atoms with van der Waals surface area (Å²) in [5.41, 5.74) is 5.12. The number of nitrogens with one attached hydrogen (secondary N) is 1. The summed E-state index contributed by atoms with van der Waals surface area (Å²) in [4.78, 5) is 16.8. The van der Waals surface area contributed by atoms with E-state index in [-0.39, 0.29) is 5.91 Å². The molecule has 30 heavy (non-hydrogen) atoms. The average Bonchev–Trinajstić information content (AvgIpc) is 2.80. The first-order chi connectivity index (χ1) is 14.6. The molecule has 1 N–H and O–H groups in total. The molecule has 0 unspecified atom stereocenters. The van der Waals surface area contributed by atoms with Crippen LogP contribution >= 0.6 is 11.6 Å². The molecular weight excluding hydrogens is 396 g/mol. The molecule has 1 aromatic heterocycles. The molecule has 3 aromatic carbocycles. The molecule has 0 saturated carbocycles. The number of hydrogen-bond donors (Lipinski definition) is 1. The van der Waals surface area contributed by atoms with Crippen molar-refractivity contribution in [3.05, 3.63) is 102 Å². The van der Waals surface area contributed by atoms with Crippen LogP contribution in [0.15, 0.2) is 91.1 Å². The van der Waals surface area contributed by atoms with E-state index in [2.05, 4.69) is 34.6 Å². The minimum Gasteiger partial charge on any atom is -0.481 e. The van der Waals surface area contributed by atoms with Gasteiger partial charge in [0.25, 0.3) is 5.91 Å². The van der Waals surface area contributed by atoms with Crippen LogP contribution in [0.4, 0.5) is 5.69 Å². The van der Waals surface area contributed by atoms with Gasteiger partial charge < -0.3 is 10.1 Å². The van der Waals surface area contributed by atoms with E-state index in [4.69, 9.17) is 16.3 Å². The quantitative estimate of drug-likeness (QED) is 0.415. The third-order valence-corrected chi connectivity index (χ3v) is 5.06. The van der Waals surface area contributed by atoms with Crippen molar-refractivity contribution in [3.63, 3.8) is 0 Å². The molecule has 0 radical (unpaired) electrons. The Morgan fingerprint density at radius 3 is 2.23 bits per heavy atom. The average molecular weight is 415 g/mol. The lowest BCUT2D eigenvalue weighted by atomic mass is 9.99. The van der Waals surface area contributed by atoms with Crippen molar-refractivity contribution in [1.82, 2.24) is 4.98 Å². The Balaban J connectivity index is 1.57. The Morgan fingerprint density at radius 1 is 0.867 bits per heavy atom. The fourth-order valence-electron chi connectivity index (χ4n) is 3.14. The number of anilines is 1. The summed E-state index contributed by atoms with van der Waals surface area (Å²) in [7, 11) is 1.54. The zero-order valence-corrected chi connectivity index (χ0v) is 17.1. The molecule has 0 saturated heterocycles. The Morgan fingerprint density at radius 2 is 1.57 bits per heavy atom. The highest BCUT2D eigenvalue weighted by molar-refractivity contribution is 6.33. The number of ether oxygens (including phenoxy) is 1. The van der Waals surface area contributed by atoms with Crippen molar-refractivity contribution in [2.24, 2.45) is 0 Å². The van der Waals surface area contributed by atoms with Gasteiger partial charge in [-0.1, -0.05) is 66.2 Å². The topological polar surface area (TPSA) is 51.2 Å². The minimum atomic E-state index is -0.235. The van der Waals surface area contributed by atoms with E-state index in [1.165, 1.54) is 0 Å². The van der Waals surface area contributed by atoms with Gasteiger partial charge in [-0.15, -0.1) is 0 Å². The lowest BCUT2D eigenvalue weighted by molar-refractivity contribution is 0.102. The molecule has 1 heterocycles. The summed E-state index contributed by atoms with van der Waals surface area (Å²) in [6, 6.07) is 27.0. The highest BCUT2D eigenvalue weighted by atomic mass is 35.5. The first-order valence-electron chi connectivity index (χ1n) is 9.41. The molecule has 148 valence electrons. The van der Waals surface area contributed by atoms with E-state index in [1.807, 2.05) is 30.3 Å². The van der Waals surface area contributed by atoms with Crippen LogP contribution in [0.3, 0.4) is 0 Å². The van der Waals surface area contributed by atoms with Crippen molar-refractivity contribution >= 4 is 23.2 Å². The number of benzene rings is 3. The van der Waals surface area contributed by atoms with Crippen LogP contribution in [0.2, 0.25) is 5.02 Å². The predicted molar refractivity (Wildman–Crippen MR) is 121 cm³/mol. The van der Waals surface area contributed by atoms with Crippen LogP contribution in [0.25, 0.3) is 22.3 Å². The molecule has 0 fully saturated rings. The molecule has 0 spiro atoms. The number of hydrogen-bond acceptors (Lipinski definition) is 3. The molecule has 1 amide bonds. The van der Waals surface area contributed by atoms with Gasteiger partial charge in [-0.3, -0.25) is 4.79 Å².